The second-order valence-electron chi connectivity index (χ2n) is 8.40. The van der Waals surface area contributed by atoms with Gasteiger partial charge < -0.3 is 23.8 Å². The van der Waals surface area contributed by atoms with Gasteiger partial charge in [0.15, 0.2) is 11.5 Å². The van der Waals surface area contributed by atoms with E-state index < -0.39 is 0 Å². The van der Waals surface area contributed by atoms with Gasteiger partial charge in [0.05, 0.1) is 0 Å². The molecule has 6 nitrogen and oxygen atoms in total. The van der Waals surface area contributed by atoms with E-state index in [-0.39, 0.29) is 18.6 Å². The van der Waals surface area contributed by atoms with Gasteiger partial charge in [-0.25, -0.2) is 0 Å². The van der Waals surface area contributed by atoms with Gasteiger partial charge in [0, 0.05) is 62.7 Å². The van der Waals surface area contributed by atoms with Gasteiger partial charge in [0.25, 0.3) is 0 Å². The third-order valence-corrected chi connectivity index (χ3v) is 6.65. The molecule has 2 aromatic carbocycles. The molecule has 0 N–H and O–H groups in total. The summed E-state index contributed by atoms with van der Waals surface area (Å²) in [5, 5.41) is 1.19. The van der Waals surface area contributed by atoms with Crippen LogP contribution in [0.5, 0.6) is 11.5 Å². The third-order valence-electron chi connectivity index (χ3n) is 6.65. The van der Waals surface area contributed by atoms with Gasteiger partial charge in [-0.1, -0.05) is 31.2 Å². The van der Waals surface area contributed by atoms with Crippen LogP contribution in [0.3, 0.4) is 0 Å². The summed E-state index contributed by atoms with van der Waals surface area (Å²) in [6.07, 6.45) is 2.61. The summed E-state index contributed by atoms with van der Waals surface area (Å²) in [6, 6.07) is 14.5. The van der Waals surface area contributed by atoms with Crippen molar-refractivity contribution in [3.8, 4) is 11.5 Å². The average molecular weight is 420 g/mol. The van der Waals surface area contributed by atoms with Gasteiger partial charge in [0.1, 0.15) is 0 Å². The Morgan fingerprint density at radius 1 is 1.03 bits per heavy atom. The number of fused-ring (bicyclic) bond motifs is 2. The Balaban J connectivity index is 1.49. The van der Waals surface area contributed by atoms with E-state index >= 15 is 0 Å². The number of carbonyl (C=O) groups is 1. The molecule has 1 saturated heterocycles. The van der Waals surface area contributed by atoms with Crippen LogP contribution in [0, 0.1) is 0 Å². The van der Waals surface area contributed by atoms with E-state index in [2.05, 4.69) is 60.0 Å². The fourth-order valence-electron chi connectivity index (χ4n) is 4.81. The first-order valence-electron chi connectivity index (χ1n) is 11.1. The SMILES string of the molecule is CCN1CCN(C(=O)CC(c2ccc3c(c2)OCO3)c2cn(C)c3ccccc23)CC1. The molecule has 1 aromatic heterocycles. The first-order valence-corrected chi connectivity index (χ1v) is 11.1. The summed E-state index contributed by atoms with van der Waals surface area (Å²) < 4.78 is 13.3. The number of likely N-dealkylation sites (N-methyl/N-ethyl adjacent to an activating group) is 1. The van der Waals surface area contributed by atoms with E-state index in [1.807, 2.05) is 17.0 Å². The van der Waals surface area contributed by atoms with Crippen molar-refractivity contribution in [2.45, 2.75) is 19.3 Å². The van der Waals surface area contributed by atoms with Crippen molar-refractivity contribution in [1.29, 1.82) is 0 Å². The van der Waals surface area contributed by atoms with E-state index in [9.17, 15) is 4.79 Å². The number of para-hydroxylation sites is 1. The van der Waals surface area contributed by atoms with Crippen LogP contribution < -0.4 is 9.47 Å². The molecule has 0 spiro atoms. The van der Waals surface area contributed by atoms with Crippen LogP contribution in [0.2, 0.25) is 0 Å². The largest absolute Gasteiger partial charge is 0.454 e. The minimum absolute atomic E-state index is 0.0442. The third kappa shape index (κ3) is 3.76. The summed E-state index contributed by atoms with van der Waals surface area (Å²) in [7, 11) is 2.06. The van der Waals surface area contributed by atoms with Crippen molar-refractivity contribution in [2.75, 3.05) is 39.5 Å². The van der Waals surface area contributed by atoms with Gasteiger partial charge in [-0.15, -0.1) is 0 Å². The molecule has 3 heterocycles. The highest BCUT2D eigenvalue weighted by Gasteiger charge is 2.28. The molecule has 5 rings (SSSR count). The molecule has 1 fully saturated rings. The van der Waals surface area contributed by atoms with Crippen molar-refractivity contribution in [3.63, 3.8) is 0 Å². The van der Waals surface area contributed by atoms with Crippen molar-refractivity contribution >= 4 is 16.8 Å². The van der Waals surface area contributed by atoms with Crippen molar-refractivity contribution in [1.82, 2.24) is 14.4 Å². The molecule has 2 aliphatic heterocycles. The summed E-state index contributed by atoms with van der Waals surface area (Å²) in [5.74, 6) is 1.69. The zero-order valence-electron chi connectivity index (χ0n) is 18.2. The number of ether oxygens (including phenoxy) is 2. The molecule has 1 unspecified atom stereocenters. The molecule has 2 aliphatic rings. The van der Waals surface area contributed by atoms with E-state index in [0.717, 1.165) is 49.8 Å². The Kier molecular flexibility index (Phi) is 5.32. The highest BCUT2D eigenvalue weighted by Crippen LogP contribution is 2.40. The Morgan fingerprint density at radius 3 is 2.61 bits per heavy atom. The standard InChI is InChI=1S/C25H29N3O3/c1-3-27-10-12-28(13-11-27)25(29)15-20(18-8-9-23-24(14-18)31-17-30-23)21-16-26(2)22-7-5-4-6-19(21)22/h4-9,14,16,20H,3,10-13,15,17H2,1-2H3. The molecule has 3 aromatic rings. The van der Waals surface area contributed by atoms with E-state index in [1.54, 1.807) is 0 Å². The Morgan fingerprint density at radius 2 is 1.81 bits per heavy atom. The Bertz CT molecular complexity index is 1100. The summed E-state index contributed by atoms with van der Waals surface area (Å²) in [4.78, 5) is 17.8. The predicted octanol–water partition coefficient (Wildman–Crippen LogP) is 3.59. The molecule has 0 bridgehead atoms. The van der Waals surface area contributed by atoms with Gasteiger partial charge in [-0.3, -0.25) is 4.79 Å². The van der Waals surface area contributed by atoms with E-state index in [0.29, 0.717) is 6.42 Å². The van der Waals surface area contributed by atoms with E-state index in [1.165, 1.54) is 16.5 Å². The monoisotopic (exact) mass is 419 g/mol. The average Bonchev–Trinajstić information content (AvgIpc) is 3.41. The van der Waals surface area contributed by atoms with Crippen LogP contribution in [-0.4, -0.2) is 59.8 Å². The number of rotatable bonds is 5. The first kappa shape index (κ1) is 19.9. The fourth-order valence-corrected chi connectivity index (χ4v) is 4.81. The number of aromatic nitrogens is 1. The number of hydrogen-bond donors (Lipinski definition) is 0. The summed E-state index contributed by atoms with van der Waals surface area (Å²) in [6.45, 7) is 6.96. The molecular weight excluding hydrogens is 390 g/mol. The summed E-state index contributed by atoms with van der Waals surface area (Å²) in [5.41, 5.74) is 3.44. The molecule has 31 heavy (non-hydrogen) atoms. The predicted molar refractivity (Wildman–Crippen MR) is 121 cm³/mol. The second-order valence-corrected chi connectivity index (χ2v) is 8.40. The fraction of sp³-hybridized carbons (Fsp3) is 0.400. The Labute approximate surface area is 183 Å². The van der Waals surface area contributed by atoms with E-state index in [4.69, 9.17) is 9.47 Å². The van der Waals surface area contributed by atoms with Gasteiger partial charge in [-0.2, -0.15) is 0 Å². The summed E-state index contributed by atoms with van der Waals surface area (Å²) >= 11 is 0. The molecule has 0 radical (unpaired) electrons. The number of benzene rings is 2. The van der Waals surface area contributed by atoms with Crippen molar-refractivity contribution < 1.29 is 14.3 Å². The van der Waals surface area contributed by atoms with Crippen LogP contribution in [0.25, 0.3) is 10.9 Å². The van der Waals surface area contributed by atoms with Crippen LogP contribution in [-0.2, 0) is 11.8 Å². The number of aryl methyl sites for hydroxylation is 1. The van der Waals surface area contributed by atoms with Crippen molar-refractivity contribution in [2.24, 2.45) is 7.05 Å². The Hall–Kier alpha value is -2.99. The minimum Gasteiger partial charge on any atom is -0.454 e. The highest BCUT2D eigenvalue weighted by atomic mass is 16.7. The number of hydrogen-bond acceptors (Lipinski definition) is 4. The highest BCUT2D eigenvalue weighted by molar-refractivity contribution is 5.86. The lowest BCUT2D eigenvalue weighted by molar-refractivity contribution is -0.133. The maximum absolute atomic E-state index is 13.4. The van der Waals surface area contributed by atoms with Crippen LogP contribution in [0.15, 0.2) is 48.7 Å². The zero-order valence-corrected chi connectivity index (χ0v) is 18.2. The van der Waals surface area contributed by atoms with Gasteiger partial charge in [-0.05, 0) is 35.9 Å². The number of nitrogens with zero attached hydrogens (tertiary/aromatic N) is 3. The quantitative estimate of drug-likeness (QED) is 0.634. The number of carbonyl (C=O) groups excluding carboxylic acids is 1. The van der Waals surface area contributed by atoms with Gasteiger partial charge in [0.2, 0.25) is 12.7 Å². The molecule has 162 valence electrons. The lowest BCUT2D eigenvalue weighted by Crippen LogP contribution is -2.48. The maximum Gasteiger partial charge on any atom is 0.231 e. The van der Waals surface area contributed by atoms with Crippen LogP contribution in [0.4, 0.5) is 0 Å². The first-order chi connectivity index (χ1) is 15.1. The van der Waals surface area contributed by atoms with Crippen LogP contribution >= 0.6 is 0 Å². The zero-order chi connectivity index (χ0) is 21.4. The topological polar surface area (TPSA) is 46.9 Å². The normalized spacial score (nSPS) is 17.3. The lowest BCUT2D eigenvalue weighted by atomic mass is 9.87. The molecule has 0 saturated carbocycles. The second kappa shape index (κ2) is 8.27. The molecular formula is C25H29N3O3. The molecule has 1 amide bonds. The molecule has 1 atom stereocenters. The number of amides is 1. The smallest absolute Gasteiger partial charge is 0.231 e. The van der Waals surface area contributed by atoms with Crippen molar-refractivity contribution in [3.05, 3.63) is 59.8 Å². The molecule has 0 aliphatic carbocycles. The van der Waals surface area contributed by atoms with Crippen LogP contribution in [0.1, 0.15) is 30.4 Å². The number of piperazine rings is 1. The molecule has 6 heteroatoms. The van der Waals surface area contributed by atoms with Gasteiger partial charge >= 0.3 is 0 Å². The lowest BCUT2D eigenvalue weighted by Gasteiger charge is -2.34. The minimum atomic E-state index is -0.0442. The maximum atomic E-state index is 13.4.